The van der Waals surface area contributed by atoms with Crippen molar-refractivity contribution in [2.45, 2.75) is 86.3 Å². The summed E-state index contributed by atoms with van der Waals surface area (Å²) in [7, 11) is 4.06. The van der Waals surface area contributed by atoms with Gasteiger partial charge in [-0.15, -0.1) is 11.6 Å². The molecule has 0 bridgehead atoms. The third-order valence-corrected chi connectivity index (χ3v) is 9.39. The first-order valence-corrected chi connectivity index (χ1v) is 21.4. The summed E-state index contributed by atoms with van der Waals surface area (Å²) in [5.74, 6) is 0.937. The summed E-state index contributed by atoms with van der Waals surface area (Å²) in [4.78, 5) is 21.6. The van der Waals surface area contributed by atoms with Crippen LogP contribution in [0.1, 0.15) is 90.2 Å². The van der Waals surface area contributed by atoms with Crippen molar-refractivity contribution in [1.82, 2.24) is 10.6 Å². The average molecular weight is 816 g/mol. The number of carbonyl (C=O) groups excluding carboxylic acids is 2. The molecule has 0 aromatic heterocycles. The molecular formula is C51H69BClN4O2. The minimum absolute atomic E-state index is 0.146. The number of aldehydes is 1. The zero-order valence-electron chi connectivity index (χ0n) is 36.8. The maximum absolute atomic E-state index is 11.4. The SMILES string of the molecule is C=C(c1ccccc1)c1cc(N)ccc1-c1ccc(N)cc1C.CCCCl.CCc1ccc(C=O)cc1.CNCCNC(=O)CCCc1ccc(C)cc1.C[B]CCC. The topological polar surface area (TPSA) is 110 Å². The smallest absolute Gasteiger partial charge is 0.220 e. The molecule has 0 fully saturated rings. The molecular weight excluding hydrogens is 747 g/mol. The molecule has 1 radical (unpaired) electrons. The first kappa shape index (κ1) is 51.9. The number of amides is 1. The van der Waals surface area contributed by atoms with Gasteiger partial charge in [-0.3, -0.25) is 9.59 Å². The van der Waals surface area contributed by atoms with Crippen LogP contribution in [-0.2, 0) is 17.6 Å². The fourth-order valence-corrected chi connectivity index (χ4v) is 5.57. The summed E-state index contributed by atoms with van der Waals surface area (Å²) >= 11 is 5.19. The summed E-state index contributed by atoms with van der Waals surface area (Å²) in [6, 6.07) is 38.2. The number of nitrogen functional groups attached to an aromatic ring is 2. The number of nitrogens with two attached hydrogens (primary N) is 2. The van der Waals surface area contributed by atoms with Gasteiger partial charge >= 0.3 is 0 Å². The zero-order chi connectivity index (χ0) is 43.8. The maximum Gasteiger partial charge on any atom is 0.220 e. The summed E-state index contributed by atoms with van der Waals surface area (Å²) in [5.41, 5.74) is 24.5. The van der Waals surface area contributed by atoms with Crippen LogP contribution in [0, 0.1) is 13.8 Å². The highest BCUT2D eigenvalue weighted by atomic mass is 35.5. The second-order valence-electron chi connectivity index (χ2n) is 14.1. The van der Waals surface area contributed by atoms with E-state index < -0.39 is 0 Å². The van der Waals surface area contributed by atoms with Gasteiger partial charge in [-0.25, -0.2) is 0 Å². The van der Waals surface area contributed by atoms with Gasteiger partial charge in [0.25, 0.3) is 0 Å². The number of hydrogen-bond donors (Lipinski definition) is 4. The highest BCUT2D eigenvalue weighted by molar-refractivity contribution is 6.33. The monoisotopic (exact) mass is 816 g/mol. The van der Waals surface area contributed by atoms with E-state index >= 15 is 0 Å². The van der Waals surface area contributed by atoms with Gasteiger partial charge in [0.05, 0.1) is 0 Å². The Hall–Kier alpha value is -5.11. The van der Waals surface area contributed by atoms with Crippen LogP contribution < -0.4 is 22.1 Å². The van der Waals surface area contributed by atoms with E-state index in [9.17, 15) is 9.59 Å². The zero-order valence-corrected chi connectivity index (χ0v) is 37.5. The highest BCUT2D eigenvalue weighted by Gasteiger charge is 2.12. The molecule has 0 aliphatic rings. The molecule has 5 aromatic rings. The van der Waals surface area contributed by atoms with Crippen LogP contribution >= 0.6 is 11.6 Å². The fraction of sp³-hybridized carbons (Fsp3) is 0.333. The Morgan fingerprint density at radius 1 is 0.780 bits per heavy atom. The number of anilines is 2. The Morgan fingerprint density at radius 3 is 1.88 bits per heavy atom. The molecule has 0 atom stereocenters. The highest BCUT2D eigenvalue weighted by Crippen LogP contribution is 2.35. The minimum Gasteiger partial charge on any atom is -0.399 e. The molecule has 0 spiro atoms. The lowest BCUT2D eigenvalue weighted by atomic mass is 9.77. The number of alkyl halides is 1. The molecule has 5 aromatic carbocycles. The predicted octanol–water partition coefficient (Wildman–Crippen LogP) is 11.8. The number of carbonyl (C=O) groups is 2. The van der Waals surface area contributed by atoms with Crippen molar-refractivity contribution in [2.24, 2.45) is 0 Å². The Balaban J connectivity index is 0.000000422. The predicted molar refractivity (Wildman–Crippen MR) is 260 cm³/mol. The average Bonchev–Trinajstić information content (AvgIpc) is 3.26. The Bertz CT molecular complexity index is 1890. The van der Waals surface area contributed by atoms with E-state index in [0.29, 0.717) is 13.0 Å². The molecule has 1 amide bonds. The van der Waals surface area contributed by atoms with Gasteiger partial charge in [0, 0.05) is 42.3 Å². The lowest BCUT2D eigenvalue weighted by Crippen LogP contribution is -2.30. The van der Waals surface area contributed by atoms with Crippen LogP contribution in [0.15, 0.2) is 122 Å². The van der Waals surface area contributed by atoms with Crippen molar-refractivity contribution in [3.05, 3.63) is 161 Å². The maximum atomic E-state index is 11.4. The summed E-state index contributed by atoms with van der Waals surface area (Å²) in [6.07, 6.45) is 8.02. The van der Waals surface area contributed by atoms with Gasteiger partial charge in [-0.05, 0) is 115 Å². The molecule has 6 nitrogen and oxygen atoms in total. The van der Waals surface area contributed by atoms with E-state index in [1.165, 1.54) is 29.4 Å². The molecule has 8 heteroatoms. The van der Waals surface area contributed by atoms with Crippen LogP contribution in [0.25, 0.3) is 16.7 Å². The van der Waals surface area contributed by atoms with Crippen molar-refractivity contribution in [1.29, 1.82) is 0 Å². The van der Waals surface area contributed by atoms with E-state index in [-0.39, 0.29) is 5.91 Å². The van der Waals surface area contributed by atoms with Crippen LogP contribution in [0.5, 0.6) is 0 Å². The summed E-state index contributed by atoms with van der Waals surface area (Å²) in [6.45, 7) is 18.4. The fourth-order valence-electron chi connectivity index (χ4n) is 5.57. The van der Waals surface area contributed by atoms with Gasteiger partial charge in [-0.1, -0.05) is 143 Å². The number of benzene rings is 5. The summed E-state index contributed by atoms with van der Waals surface area (Å²) < 4.78 is 0. The molecule has 0 heterocycles. The molecule has 0 saturated carbocycles. The molecule has 315 valence electrons. The van der Waals surface area contributed by atoms with Crippen molar-refractivity contribution in [2.75, 3.05) is 37.5 Å². The number of nitrogens with one attached hydrogen (secondary N) is 2. The lowest BCUT2D eigenvalue weighted by Gasteiger charge is -2.16. The van der Waals surface area contributed by atoms with Crippen LogP contribution in [-0.4, -0.2) is 45.5 Å². The van der Waals surface area contributed by atoms with Crippen LogP contribution in [0.3, 0.4) is 0 Å². The molecule has 0 aliphatic heterocycles. The van der Waals surface area contributed by atoms with E-state index in [4.69, 9.17) is 23.1 Å². The van der Waals surface area contributed by atoms with Gasteiger partial charge in [0.15, 0.2) is 0 Å². The Kier molecular flexibility index (Phi) is 28.0. The molecule has 0 saturated heterocycles. The quantitative estimate of drug-likeness (QED) is 0.0277. The minimum atomic E-state index is 0.146. The first-order chi connectivity index (χ1) is 28.5. The summed E-state index contributed by atoms with van der Waals surface area (Å²) in [5, 5.41) is 5.87. The molecule has 59 heavy (non-hydrogen) atoms. The number of hydrogen-bond acceptors (Lipinski definition) is 5. The van der Waals surface area contributed by atoms with Crippen molar-refractivity contribution in [3.8, 4) is 11.1 Å². The van der Waals surface area contributed by atoms with Crippen LogP contribution in [0.2, 0.25) is 13.1 Å². The number of aryl methyl sites for hydroxylation is 4. The molecule has 5 rings (SSSR count). The van der Waals surface area contributed by atoms with Crippen molar-refractivity contribution in [3.63, 3.8) is 0 Å². The van der Waals surface area contributed by atoms with E-state index in [0.717, 1.165) is 94.7 Å². The van der Waals surface area contributed by atoms with Gasteiger partial charge in [0.1, 0.15) is 13.6 Å². The lowest BCUT2D eigenvalue weighted by molar-refractivity contribution is -0.121. The van der Waals surface area contributed by atoms with Crippen molar-refractivity contribution >= 4 is 48.0 Å². The van der Waals surface area contributed by atoms with Crippen molar-refractivity contribution < 1.29 is 9.59 Å². The largest absolute Gasteiger partial charge is 0.399 e. The van der Waals surface area contributed by atoms with Crippen LogP contribution in [0.4, 0.5) is 11.4 Å². The number of likely N-dealkylation sites (N-methyl/N-ethyl adjacent to an activating group) is 1. The van der Waals surface area contributed by atoms with E-state index in [2.05, 4.69) is 108 Å². The van der Waals surface area contributed by atoms with Gasteiger partial charge in [0.2, 0.25) is 5.91 Å². The third kappa shape index (κ3) is 22.0. The molecule has 0 unspecified atom stereocenters. The second-order valence-corrected chi connectivity index (χ2v) is 14.5. The second kappa shape index (κ2) is 31.8. The number of halogens is 1. The van der Waals surface area contributed by atoms with E-state index in [1.807, 2.05) is 80.7 Å². The Labute approximate surface area is 362 Å². The standard InChI is InChI=1S/C21H20N2.C14H22N2O.C9H10O.C4H10B.C3H7Cl/c1-14-12-17(22)8-10-19(14)20-11-9-18(23)13-21(20)15(2)16-6-4-3-5-7-16;1-12-6-8-13(9-7-12)4-3-5-14(17)16-11-10-15-2;1-2-8-3-5-9(7-10)6-4-8;1-3-4-5-2;1-2-3-4/h3-13H,2,22-23H2,1H3;6-9,15H,3-5,10-11H2,1-2H3,(H,16,17);3-7H,2H2,1H3;3-4H2,1-2H3;2-3H2,1H3. The Morgan fingerprint density at radius 2 is 1.37 bits per heavy atom. The first-order valence-electron chi connectivity index (χ1n) is 20.8. The third-order valence-electron chi connectivity index (χ3n) is 9.01. The normalized spacial score (nSPS) is 9.76. The van der Waals surface area contributed by atoms with Gasteiger partial charge < -0.3 is 22.1 Å². The van der Waals surface area contributed by atoms with Gasteiger partial charge in [-0.2, -0.15) is 0 Å². The molecule has 6 N–H and O–H groups in total. The van der Waals surface area contributed by atoms with E-state index in [1.54, 1.807) is 0 Å². The number of rotatable bonds is 15. The molecule has 0 aliphatic carbocycles.